The lowest BCUT2D eigenvalue weighted by atomic mass is 9.87. The molecular weight excluding hydrogens is 572 g/mol. The van der Waals surface area contributed by atoms with Crippen LogP contribution in [-0.2, 0) is 4.74 Å². The number of nitro groups is 1. The van der Waals surface area contributed by atoms with Gasteiger partial charge in [-0.05, 0) is 147 Å². The largest absolute Gasteiger partial charge is 0.489 e. The van der Waals surface area contributed by atoms with E-state index in [1.807, 2.05) is 61.5 Å². The summed E-state index contributed by atoms with van der Waals surface area (Å²) in [7, 11) is 0. The molecule has 1 amide bonds. The van der Waals surface area contributed by atoms with E-state index in [4.69, 9.17) is 19.9 Å². The molecule has 45 heavy (non-hydrogen) atoms. The van der Waals surface area contributed by atoms with Gasteiger partial charge in [0.25, 0.3) is 0 Å². The van der Waals surface area contributed by atoms with Crippen molar-refractivity contribution in [1.29, 1.82) is 0 Å². The Hall–Kier alpha value is -3.79. The summed E-state index contributed by atoms with van der Waals surface area (Å²) in [5.74, 6) is 1.75. The van der Waals surface area contributed by atoms with Gasteiger partial charge < -0.3 is 30.2 Å². The lowest BCUT2D eigenvalue weighted by Gasteiger charge is -2.30. The Morgan fingerprint density at radius 2 is 1.62 bits per heavy atom. The Morgan fingerprint density at radius 1 is 1.00 bits per heavy atom. The average Bonchev–Trinajstić information content (AvgIpc) is 2.94. The number of anilines is 1. The zero-order valence-electron chi connectivity index (χ0n) is 28.5. The number of carbonyl (C=O) groups is 1. The number of nitrogen functional groups attached to an aromatic ring is 1. The minimum atomic E-state index is -0.529. The molecule has 0 aliphatic carbocycles. The normalized spacial score (nSPS) is 15.7. The third-order valence-corrected chi connectivity index (χ3v) is 7.61. The molecule has 2 aromatic rings. The van der Waals surface area contributed by atoms with Gasteiger partial charge >= 0.3 is 11.8 Å². The van der Waals surface area contributed by atoms with Gasteiger partial charge in [-0.15, -0.1) is 0 Å². The molecule has 2 aromatic carbocycles. The molecule has 1 fully saturated rings. The molecule has 0 spiro atoms. The second-order valence-corrected chi connectivity index (χ2v) is 13.4. The molecule has 0 radical (unpaired) electrons. The number of hydrogen-bond acceptors (Lipinski definition) is 8. The van der Waals surface area contributed by atoms with Crippen LogP contribution in [0.1, 0.15) is 95.9 Å². The number of benzene rings is 2. The van der Waals surface area contributed by atoms with Gasteiger partial charge in [0.2, 0.25) is 0 Å². The fourth-order valence-electron chi connectivity index (χ4n) is 5.57. The average molecular weight is 625 g/mol. The van der Waals surface area contributed by atoms with Crippen LogP contribution in [0.25, 0.3) is 5.57 Å². The number of nitrogens with one attached hydrogen (secondary N) is 1. The second-order valence-electron chi connectivity index (χ2n) is 13.4. The standard InChI is InChI=1S/C20H28N2O5.C15H24N2O/c1-13(2)26-18-12-16(14(3)11-17(18)22(24)25)15-7-9-21(10-8-15)19(23)27-20(4,5)6;1-10(2)18-15-9-13(11(3)8-14(15)16)12-4-6-17-7-5-12/h7,11-13H,8-10H2,1-6H3;8-10,12,17H,4-7,16H2,1-3H3. The van der Waals surface area contributed by atoms with E-state index in [2.05, 4.69) is 24.4 Å². The smallest absolute Gasteiger partial charge is 0.410 e. The minimum Gasteiger partial charge on any atom is -0.489 e. The number of hydrogen-bond donors (Lipinski definition) is 2. The highest BCUT2D eigenvalue weighted by Gasteiger charge is 2.26. The van der Waals surface area contributed by atoms with Gasteiger partial charge in [-0.2, -0.15) is 0 Å². The summed E-state index contributed by atoms with van der Waals surface area (Å²) < 4.78 is 16.9. The third-order valence-electron chi connectivity index (χ3n) is 7.61. The van der Waals surface area contributed by atoms with Crippen molar-refractivity contribution in [2.75, 3.05) is 31.9 Å². The van der Waals surface area contributed by atoms with Gasteiger partial charge in [0.1, 0.15) is 11.4 Å². The Balaban J connectivity index is 0.000000265. The van der Waals surface area contributed by atoms with Crippen LogP contribution < -0.4 is 20.5 Å². The minimum absolute atomic E-state index is 0.0308. The Kier molecular flexibility index (Phi) is 12.3. The molecule has 1 saturated heterocycles. The zero-order valence-corrected chi connectivity index (χ0v) is 28.5. The summed E-state index contributed by atoms with van der Waals surface area (Å²) in [6.45, 7) is 20.4. The van der Waals surface area contributed by atoms with Crippen LogP contribution >= 0.6 is 0 Å². The van der Waals surface area contributed by atoms with Crippen LogP contribution in [-0.4, -0.2) is 59.9 Å². The van der Waals surface area contributed by atoms with E-state index in [0.717, 1.165) is 41.2 Å². The first-order valence-electron chi connectivity index (χ1n) is 16.0. The van der Waals surface area contributed by atoms with Gasteiger partial charge in [-0.3, -0.25) is 10.1 Å². The molecule has 10 heteroatoms. The van der Waals surface area contributed by atoms with Crippen molar-refractivity contribution in [3.05, 3.63) is 62.7 Å². The van der Waals surface area contributed by atoms with Crippen LogP contribution in [0.5, 0.6) is 11.5 Å². The summed E-state index contributed by atoms with van der Waals surface area (Å²) in [5.41, 5.74) is 11.7. The zero-order chi connectivity index (χ0) is 33.5. The highest BCUT2D eigenvalue weighted by atomic mass is 16.6. The van der Waals surface area contributed by atoms with E-state index in [1.165, 1.54) is 24.0 Å². The molecule has 0 atom stereocenters. The number of ether oxygens (including phenoxy) is 3. The number of carbonyl (C=O) groups excluding carboxylic acids is 1. The van der Waals surface area contributed by atoms with Crippen molar-refractivity contribution < 1.29 is 23.9 Å². The van der Waals surface area contributed by atoms with Crippen LogP contribution in [0, 0.1) is 24.0 Å². The summed E-state index contributed by atoms with van der Waals surface area (Å²) in [4.78, 5) is 24.8. The topological polar surface area (TPSA) is 129 Å². The SMILES string of the molecule is Cc1cc(N)c(OC(C)C)cc1C1CCNCC1.Cc1cc([N+](=O)[O-])c(OC(C)C)cc1C1=CCN(C(=O)OC(C)(C)C)CC1. The maximum absolute atomic E-state index is 12.2. The molecule has 2 aliphatic rings. The third kappa shape index (κ3) is 10.4. The van der Waals surface area contributed by atoms with E-state index in [0.29, 0.717) is 25.4 Å². The predicted octanol–water partition coefficient (Wildman–Crippen LogP) is 7.55. The van der Waals surface area contributed by atoms with Crippen LogP contribution in [0.2, 0.25) is 0 Å². The quantitative estimate of drug-likeness (QED) is 0.184. The monoisotopic (exact) mass is 624 g/mol. The van der Waals surface area contributed by atoms with Crippen molar-refractivity contribution in [3.63, 3.8) is 0 Å². The maximum Gasteiger partial charge on any atom is 0.410 e. The summed E-state index contributed by atoms with van der Waals surface area (Å²) in [6.07, 6.45) is 4.69. The van der Waals surface area contributed by atoms with Gasteiger partial charge in [-0.1, -0.05) is 6.08 Å². The number of piperidine rings is 1. The van der Waals surface area contributed by atoms with Crippen molar-refractivity contribution in [1.82, 2.24) is 10.2 Å². The molecule has 0 saturated carbocycles. The molecule has 0 unspecified atom stereocenters. The number of nitro benzene ring substituents is 1. The number of rotatable bonds is 7. The van der Waals surface area contributed by atoms with E-state index in [9.17, 15) is 14.9 Å². The van der Waals surface area contributed by atoms with Crippen LogP contribution in [0.3, 0.4) is 0 Å². The van der Waals surface area contributed by atoms with Crippen molar-refractivity contribution in [2.45, 2.75) is 105 Å². The maximum atomic E-state index is 12.2. The molecular formula is C35H52N4O6. The Morgan fingerprint density at radius 3 is 2.16 bits per heavy atom. The molecule has 2 heterocycles. The van der Waals surface area contributed by atoms with Gasteiger partial charge in [0, 0.05) is 19.2 Å². The molecule has 0 bridgehead atoms. The molecule has 248 valence electrons. The molecule has 0 aromatic heterocycles. The molecule has 2 aliphatic heterocycles. The lowest BCUT2D eigenvalue weighted by molar-refractivity contribution is -0.386. The lowest BCUT2D eigenvalue weighted by Crippen LogP contribution is -2.39. The molecule has 4 rings (SSSR count). The highest BCUT2D eigenvalue weighted by molar-refractivity contribution is 5.75. The van der Waals surface area contributed by atoms with Gasteiger partial charge in [-0.25, -0.2) is 4.79 Å². The summed E-state index contributed by atoms with van der Waals surface area (Å²) >= 11 is 0. The van der Waals surface area contributed by atoms with Crippen LogP contribution in [0.4, 0.5) is 16.2 Å². The fraction of sp³-hybridized carbons (Fsp3) is 0.571. The van der Waals surface area contributed by atoms with E-state index < -0.39 is 10.5 Å². The predicted molar refractivity (Wildman–Crippen MR) is 180 cm³/mol. The van der Waals surface area contributed by atoms with Gasteiger partial charge in [0.15, 0.2) is 5.75 Å². The fourth-order valence-corrected chi connectivity index (χ4v) is 5.57. The first kappa shape index (κ1) is 35.7. The van der Waals surface area contributed by atoms with Crippen LogP contribution in [0.15, 0.2) is 30.3 Å². The van der Waals surface area contributed by atoms with Crippen molar-refractivity contribution in [3.8, 4) is 11.5 Å². The van der Waals surface area contributed by atoms with Gasteiger partial charge in [0.05, 0.1) is 22.8 Å². The Labute approximate surface area is 268 Å². The Bertz CT molecular complexity index is 1370. The van der Waals surface area contributed by atoms with Crippen molar-refractivity contribution >= 4 is 23.0 Å². The van der Waals surface area contributed by atoms with Crippen molar-refractivity contribution in [2.24, 2.45) is 0 Å². The number of amides is 1. The molecule has 3 N–H and O–H groups in total. The number of nitrogens with two attached hydrogens (primary N) is 1. The number of nitrogens with zero attached hydrogens (tertiary/aromatic N) is 2. The van der Waals surface area contributed by atoms with E-state index in [1.54, 1.807) is 17.0 Å². The van der Waals surface area contributed by atoms with E-state index >= 15 is 0 Å². The second kappa shape index (κ2) is 15.5. The summed E-state index contributed by atoms with van der Waals surface area (Å²) in [6, 6.07) is 7.49. The molecule has 10 nitrogen and oxygen atoms in total. The highest BCUT2D eigenvalue weighted by Crippen LogP contribution is 2.37. The number of aryl methyl sites for hydroxylation is 2. The summed E-state index contributed by atoms with van der Waals surface area (Å²) in [5, 5.41) is 14.7. The first-order chi connectivity index (χ1) is 21.1. The van der Waals surface area contributed by atoms with E-state index in [-0.39, 0.29) is 29.7 Å². The first-order valence-corrected chi connectivity index (χ1v) is 16.0.